The number of fused-ring (bicyclic) bond motifs is 1. The molecular weight excluding hydrogens is 264 g/mol. The van der Waals surface area contributed by atoms with Crippen molar-refractivity contribution < 1.29 is 4.74 Å². The Bertz CT molecular complexity index is 688. The van der Waals surface area contributed by atoms with Gasteiger partial charge in [0.2, 0.25) is 0 Å². The van der Waals surface area contributed by atoms with Crippen molar-refractivity contribution in [3.8, 4) is 6.07 Å². The van der Waals surface area contributed by atoms with E-state index in [0.717, 1.165) is 36.2 Å². The van der Waals surface area contributed by atoms with Crippen molar-refractivity contribution in [3.63, 3.8) is 0 Å². The molecule has 2 aromatic rings. The first-order valence-electron chi connectivity index (χ1n) is 7.16. The van der Waals surface area contributed by atoms with Crippen molar-refractivity contribution in [1.29, 1.82) is 5.26 Å². The number of methoxy groups -OCH3 is 1. The predicted octanol–water partition coefficient (Wildman–Crippen LogP) is 2.73. The molecule has 108 valence electrons. The molecule has 1 fully saturated rings. The first-order valence-corrected chi connectivity index (χ1v) is 7.16. The molecule has 1 N–H and O–H groups in total. The van der Waals surface area contributed by atoms with Crippen molar-refractivity contribution in [2.75, 3.05) is 25.6 Å². The van der Waals surface area contributed by atoms with Gasteiger partial charge < -0.3 is 10.1 Å². The van der Waals surface area contributed by atoms with Gasteiger partial charge >= 0.3 is 0 Å². The number of nitrogens with zero attached hydrogens (tertiary/aromatic N) is 3. The van der Waals surface area contributed by atoms with Crippen LogP contribution >= 0.6 is 0 Å². The molecule has 1 aliphatic rings. The quantitative estimate of drug-likeness (QED) is 0.882. The summed E-state index contributed by atoms with van der Waals surface area (Å²) in [6.45, 7) is 1.63. The summed E-state index contributed by atoms with van der Waals surface area (Å²) < 4.78 is 5.18. The van der Waals surface area contributed by atoms with Crippen molar-refractivity contribution in [2.24, 2.45) is 5.41 Å². The smallest absolute Gasteiger partial charge is 0.186 e. The van der Waals surface area contributed by atoms with E-state index >= 15 is 0 Å². The molecule has 0 bridgehead atoms. The summed E-state index contributed by atoms with van der Waals surface area (Å²) in [5.74, 6) is 0. The second-order valence-corrected chi connectivity index (χ2v) is 5.65. The van der Waals surface area contributed by atoms with Crippen LogP contribution in [0, 0.1) is 16.7 Å². The molecule has 3 rings (SSSR count). The van der Waals surface area contributed by atoms with E-state index in [1.54, 1.807) is 7.11 Å². The summed E-state index contributed by atoms with van der Waals surface area (Å²) in [5, 5.41) is 21.7. The van der Waals surface area contributed by atoms with Crippen LogP contribution < -0.4 is 5.32 Å². The lowest BCUT2D eigenvalue weighted by Gasteiger charge is -2.17. The minimum Gasteiger partial charge on any atom is -0.385 e. The number of nitriles is 1. The fourth-order valence-corrected chi connectivity index (χ4v) is 2.60. The summed E-state index contributed by atoms with van der Waals surface area (Å²) >= 11 is 0. The van der Waals surface area contributed by atoms with Crippen LogP contribution in [0.25, 0.3) is 10.9 Å². The molecule has 1 heterocycles. The maximum atomic E-state index is 9.25. The zero-order valence-corrected chi connectivity index (χ0v) is 12.1. The summed E-state index contributed by atoms with van der Waals surface area (Å²) in [4.78, 5) is 0. The molecule has 5 heteroatoms. The monoisotopic (exact) mass is 282 g/mol. The molecule has 0 aliphatic heterocycles. The number of anilines is 1. The molecule has 1 aromatic heterocycles. The minimum atomic E-state index is 0.313. The van der Waals surface area contributed by atoms with E-state index < -0.39 is 0 Å². The summed E-state index contributed by atoms with van der Waals surface area (Å²) in [6.07, 6.45) is 3.47. The number of hydrogen-bond donors (Lipinski definition) is 1. The Balaban J connectivity index is 1.85. The number of aromatic nitrogens is 2. The van der Waals surface area contributed by atoms with Gasteiger partial charge in [0.05, 0.1) is 11.2 Å². The van der Waals surface area contributed by atoms with Crippen LogP contribution in [0.4, 0.5) is 5.69 Å². The third-order valence-electron chi connectivity index (χ3n) is 4.21. The highest BCUT2D eigenvalue weighted by atomic mass is 16.5. The average Bonchev–Trinajstić information content (AvgIpc) is 3.31. The third-order valence-corrected chi connectivity index (χ3v) is 4.21. The Morgan fingerprint density at radius 3 is 2.86 bits per heavy atom. The molecule has 0 radical (unpaired) electrons. The van der Waals surface area contributed by atoms with Crippen molar-refractivity contribution in [1.82, 2.24) is 10.2 Å². The van der Waals surface area contributed by atoms with Crippen LogP contribution in [0.3, 0.4) is 0 Å². The van der Waals surface area contributed by atoms with Crippen LogP contribution in [0.1, 0.15) is 25.0 Å². The van der Waals surface area contributed by atoms with Crippen LogP contribution in [0.5, 0.6) is 0 Å². The van der Waals surface area contributed by atoms with E-state index in [4.69, 9.17) is 4.74 Å². The second-order valence-electron chi connectivity index (χ2n) is 5.65. The van der Waals surface area contributed by atoms with Crippen molar-refractivity contribution in [2.45, 2.75) is 19.3 Å². The van der Waals surface area contributed by atoms with Crippen LogP contribution in [0.2, 0.25) is 0 Å². The first kappa shape index (κ1) is 13.8. The van der Waals surface area contributed by atoms with Gasteiger partial charge in [-0.15, -0.1) is 10.2 Å². The van der Waals surface area contributed by atoms with Crippen LogP contribution in [-0.4, -0.2) is 30.5 Å². The lowest BCUT2D eigenvalue weighted by molar-refractivity contribution is 0.175. The Hall–Kier alpha value is -2.19. The number of benzene rings is 1. The Morgan fingerprint density at radius 1 is 1.33 bits per heavy atom. The Kier molecular flexibility index (Phi) is 3.72. The number of hydrogen-bond acceptors (Lipinski definition) is 5. The minimum absolute atomic E-state index is 0.313. The summed E-state index contributed by atoms with van der Waals surface area (Å²) in [6, 6.07) is 9.89. The van der Waals surface area contributed by atoms with Gasteiger partial charge in [-0.2, -0.15) is 5.26 Å². The zero-order valence-electron chi connectivity index (χ0n) is 12.1. The van der Waals surface area contributed by atoms with E-state index in [1.165, 1.54) is 12.8 Å². The lowest BCUT2D eigenvalue weighted by atomic mass is 10.0. The highest BCUT2D eigenvalue weighted by Gasteiger charge is 2.41. The molecule has 1 aliphatic carbocycles. The normalized spacial score (nSPS) is 15.6. The van der Waals surface area contributed by atoms with E-state index in [-0.39, 0.29) is 0 Å². The molecule has 0 amide bonds. The van der Waals surface area contributed by atoms with E-state index in [1.807, 2.05) is 24.3 Å². The first-order chi connectivity index (χ1) is 10.3. The van der Waals surface area contributed by atoms with Gasteiger partial charge in [-0.05, 0) is 30.7 Å². The molecule has 0 unspecified atom stereocenters. The van der Waals surface area contributed by atoms with E-state index in [2.05, 4.69) is 21.6 Å². The third kappa shape index (κ3) is 2.81. The molecule has 5 nitrogen and oxygen atoms in total. The second kappa shape index (κ2) is 5.66. The maximum Gasteiger partial charge on any atom is 0.186 e. The van der Waals surface area contributed by atoms with Gasteiger partial charge in [0.15, 0.2) is 5.69 Å². The number of nitrogens with one attached hydrogen (secondary N) is 1. The maximum absolute atomic E-state index is 9.25. The highest BCUT2D eigenvalue weighted by molar-refractivity contribution is 5.92. The van der Waals surface area contributed by atoms with Gasteiger partial charge in [-0.25, -0.2) is 0 Å². The largest absolute Gasteiger partial charge is 0.385 e. The number of rotatable bonds is 6. The van der Waals surface area contributed by atoms with Gasteiger partial charge in [-0.3, -0.25) is 0 Å². The zero-order chi connectivity index (χ0) is 14.7. The fourth-order valence-electron chi connectivity index (χ4n) is 2.60. The Morgan fingerprint density at radius 2 is 2.14 bits per heavy atom. The fraction of sp³-hybridized carbons (Fsp3) is 0.438. The van der Waals surface area contributed by atoms with E-state index in [9.17, 15) is 5.26 Å². The van der Waals surface area contributed by atoms with Gasteiger partial charge in [-0.1, -0.05) is 18.2 Å². The van der Waals surface area contributed by atoms with Gasteiger partial charge in [0, 0.05) is 25.6 Å². The van der Waals surface area contributed by atoms with Crippen LogP contribution in [-0.2, 0) is 4.74 Å². The molecule has 1 saturated carbocycles. The summed E-state index contributed by atoms with van der Waals surface area (Å²) in [7, 11) is 1.73. The standard InChI is InChI=1S/C16H18N4O/c1-21-9-8-16(6-7-16)11-18-15-12-4-2-3-5-13(12)19-20-14(15)10-17/h2-5H,6-9,11H2,1H3,(H,18,19). The SMILES string of the molecule is COCCC1(CNc2c(C#N)nnc3ccccc23)CC1. The molecule has 21 heavy (non-hydrogen) atoms. The van der Waals surface area contributed by atoms with Crippen LogP contribution in [0.15, 0.2) is 24.3 Å². The van der Waals surface area contributed by atoms with Crippen molar-refractivity contribution in [3.05, 3.63) is 30.0 Å². The van der Waals surface area contributed by atoms with Gasteiger partial charge in [0.25, 0.3) is 0 Å². The van der Waals surface area contributed by atoms with Gasteiger partial charge in [0.1, 0.15) is 6.07 Å². The topological polar surface area (TPSA) is 70.8 Å². The lowest BCUT2D eigenvalue weighted by Crippen LogP contribution is -2.18. The summed E-state index contributed by atoms with van der Waals surface area (Å²) in [5.41, 5.74) is 2.27. The van der Waals surface area contributed by atoms with Crippen molar-refractivity contribution >= 4 is 16.6 Å². The highest BCUT2D eigenvalue weighted by Crippen LogP contribution is 2.49. The molecular formula is C16H18N4O. The molecule has 0 atom stereocenters. The van der Waals surface area contributed by atoms with E-state index in [0.29, 0.717) is 11.1 Å². The predicted molar refractivity (Wildman–Crippen MR) is 80.9 cm³/mol. The molecule has 0 saturated heterocycles. The number of ether oxygens (including phenoxy) is 1. The average molecular weight is 282 g/mol. The Labute approximate surface area is 123 Å². The molecule has 0 spiro atoms. The molecule has 1 aromatic carbocycles.